The summed E-state index contributed by atoms with van der Waals surface area (Å²) in [6, 6.07) is 11.1. The van der Waals surface area contributed by atoms with Crippen molar-refractivity contribution in [3.05, 3.63) is 42.1 Å². The molecule has 1 saturated heterocycles. The van der Waals surface area contributed by atoms with Gasteiger partial charge in [0.15, 0.2) is 15.5 Å². The molecule has 140 valence electrons. The summed E-state index contributed by atoms with van der Waals surface area (Å²) < 4.78 is 25.5. The third-order valence-electron chi connectivity index (χ3n) is 4.44. The van der Waals surface area contributed by atoms with E-state index in [0.29, 0.717) is 18.7 Å². The number of amides is 1. The smallest absolute Gasteiger partial charge is 0.271 e. The molecule has 1 N–H and O–H groups in total. The first kappa shape index (κ1) is 18.6. The molecule has 0 radical (unpaired) electrons. The van der Waals surface area contributed by atoms with E-state index < -0.39 is 9.84 Å². The maximum atomic E-state index is 12.4. The fourth-order valence-electron chi connectivity index (χ4n) is 3.06. The maximum Gasteiger partial charge on any atom is 0.271 e. The number of aromatic nitrogens is 2. The molecule has 1 aromatic heterocycles. The molecule has 1 amide bonds. The second kappa shape index (κ2) is 7.59. The van der Waals surface area contributed by atoms with Crippen LogP contribution in [0.3, 0.4) is 0 Å². The number of rotatable bonds is 6. The van der Waals surface area contributed by atoms with E-state index in [-0.39, 0.29) is 23.5 Å². The number of hydrogen-bond acceptors (Lipinski definition) is 5. The lowest BCUT2D eigenvalue weighted by Gasteiger charge is -2.13. The van der Waals surface area contributed by atoms with Gasteiger partial charge in [0.25, 0.3) is 5.91 Å². The number of nitrogens with zero attached hydrogens (tertiary/aromatic N) is 3. The van der Waals surface area contributed by atoms with Crippen LogP contribution < -0.4 is 5.32 Å². The normalized spacial score (nSPS) is 19.0. The molecule has 7 nitrogen and oxygen atoms in total. The van der Waals surface area contributed by atoms with Gasteiger partial charge < -0.3 is 10.2 Å². The molecule has 26 heavy (non-hydrogen) atoms. The van der Waals surface area contributed by atoms with Crippen molar-refractivity contribution in [1.29, 1.82) is 0 Å². The zero-order valence-electron chi connectivity index (χ0n) is 15.1. The van der Waals surface area contributed by atoms with Gasteiger partial charge in [-0.25, -0.2) is 8.42 Å². The molecule has 1 atom stereocenters. The molecule has 0 bridgehead atoms. The summed E-state index contributed by atoms with van der Waals surface area (Å²) in [6.07, 6.45) is 0.519. The molecule has 1 aromatic carbocycles. The SMILES string of the molecule is CN(C)CCNC(=O)c1cc(-c2ccccc2)n([C@H]2CCS(=O)(=O)C2)n1. The van der Waals surface area contributed by atoms with Gasteiger partial charge in [0, 0.05) is 13.1 Å². The predicted molar refractivity (Wildman–Crippen MR) is 101 cm³/mol. The Hall–Kier alpha value is -2.19. The van der Waals surface area contributed by atoms with Crippen molar-refractivity contribution in [2.24, 2.45) is 0 Å². The third-order valence-corrected chi connectivity index (χ3v) is 6.19. The van der Waals surface area contributed by atoms with Crippen LogP contribution in [0.15, 0.2) is 36.4 Å². The lowest BCUT2D eigenvalue weighted by molar-refractivity contribution is 0.0945. The van der Waals surface area contributed by atoms with E-state index in [9.17, 15) is 13.2 Å². The molecule has 1 aliphatic heterocycles. The van der Waals surface area contributed by atoms with Crippen molar-refractivity contribution in [3.8, 4) is 11.3 Å². The summed E-state index contributed by atoms with van der Waals surface area (Å²) in [5.41, 5.74) is 1.99. The van der Waals surface area contributed by atoms with Gasteiger partial charge in [-0.15, -0.1) is 0 Å². The largest absolute Gasteiger partial charge is 0.349 e. The Kier molecular flexibility index (Phi) is 5.43. The molecule has 8 heteroatoms. The van der Waals surface area contributed by atoms with Gasteiger partial charge in [-0.2, -0.15) is 5.10 Å². The summed E-state index contributed by atoms with van der Waals surface area (Å²) in [5, 5.41) is 7.31. The van der Waals surface area contributed by atoms with Crippen LogP contribution in [-0.2, 0) is 9.84 Å². The molecule has 1 fully saturated rings. The molecule has 2 aromatic rings. The van der Waals surface area contributed by atoms with Gasteiger partial charge in [0.05, 0.1) is 23.2 Å². The third kappa shape index (κ3) is 4.31. The molecule has 0 unspecified atom stereocenters. The lowest BCUT2D eigenvalue weighted by Crippen LogP contribution is -2.31. The molecular weight excluding hydrogens is 352 g/mol. The molecule has 0 saturated carbocycles. The summed E-state index contributed by atoms with van der Waals surface area (Å²) in [4.78, 5) is 14.4. The van der Waals surface area contributed by atoms with E-state index in [1.165, 1.54) is 0 Å². The van der Waals surface area contributed by atoms with E-state index >= 15 is 0 Å². The van der Waals surface area contributed by atoms with Gasteiger partial charge >= 0.3 is 0 Å². The first-order valence-corrected chi connectivity index (χ1v) is 10.5. The van der Waals surface area contributed by atoms with Gasteiger partial charge in [0.1, 0.15) is 0 Å². The van der Waals surface area contributed by atoms with Crippen LogP contribution in [-0.4, -0.2) is 67.7 Å². The van der Waals surface area contributed by atoms with Gasteiger partial charge in [-0.05, 0) is 32.1 Å². The average molecular weight is 376 g/mol. The minimum Gasteiger partial charge on any atom is -0.349 e. The van der Waals surface area contributed by atoms with Crippen molar-refractivity contribution in [3.63, 3.8) is 0 Å². The average Bonchev–Trinajstić information content (AvgIpc) is 3.18. The topological polar surface area (TPSA) is 84.3 Å². The van der Waals surface area contributed by atoms with Crippen LogP contribution in [0.1, 0.15) is 23.0 Å². The van der Waals surface area contributed by atoms with Crippen molar-refractivity contribution < 1.29 is 13.2 Å². The van der Waals surface area contributed by atoms with Crippen molar-refractivity contribution in [1.82, 2.24) is 20.0 Å². The van der Waals surface area contributed by atoms with Crippen molar-refractivity contribution in [2.75, 3.05) is 38.7 Å². The summed E-state index contributed by atoms with van der Waals surface area (Å²) in [5.74, 6) is -0.0181. The number of nitrogens with one attached hydrogen (secondary N) is 1. The molecule has 1 aliphatic rings. The van der Waals surface area contributed by atoms with Crippen LogP contribution in [0.25, 0.3) is 11.3 Å². The zero-order chi connectivity index (χ0) is 18.7. The number of carbonyl (C=O) groups excluding carboxylic acids is 1. The Balaban J connectivity index is 1.89. The minimum atomic E-state index is -3.04. The number of likely N-dealkylation sites (N-methyl/N-ethyl adjacent to an activating group) is 1. The monoisotopic (exact) mass is 376 g/mol. The fraction of sp³-hybridized carbons (Fsp3) is 0.444. The van der Waals surface area contributed by atoms with E-state index in [1.807, 2.05) is 49.3 Å². The number of benzene rings is 1. The van der Waals surface area contributed by atoms with E-state index in [4.69, 9.17) is 0 Å². The minimum absolute atomic E-state index is 0.0657. The molecule has 3 rings (SSSR count). The van der Waals surface area contributed by atoms with Crippen molar-refractivity contribution in [2.45, 2.75) is 12.5 Å². The first-order chi connectivity index (χ1) is 12.4. The van der Waals surface area contributed by atoms with Crippen LogP contribution in [0, 0.1) is 0 Å². The van der Waals surface area contributed by atoms with Crippen LogP contribution >= 0.6 is 0 Å². The standard InChI is InChI=1S/C18H24N4O3S/c1-21(2)10-9-19-18(23)16-12-17(14-6-4-3-5-7-14)22(20-16)15-8-11-26(24,25)13-15/h3-7,12,15H,8-11,13H2,1-2H3,(H,19,23)/t15-/m0/s1. The number of hydrogen-bond donors (Lipinski definition) is 1. The van der Waals surface area contributed by atoms with Gasteiger partial charge in [-0.3, -0.25) is 9.48 Å². The zero-order valence-corrected chi connectivity index (χ0v) is 15.9. The quantitative estimate of drug-likeness (QED) is 0.819. The summed E-state index contributed by atoms with van der Waals surface area (Å²) in [6.45, 7) is 1.26. The summed E-state index contributed by atoms with van der Waals surface area (Å²) in [7, 11) is 0.835. The fourth-order valence-corrected chi connectivity index (χ4v) is 4.75. The number of carbonyl (C=O) groups is 1. The van der Waals surface area contributed by atoms with Gasteiger partial charge in [-0.1, -0.05) is 30.3 Å². The predicted octanol–water partition coefficient (Wildman–Crippen LogP) is 1.20. The second-order valence-corrected chi connectivity index (χ2v) is 9.07. The maximum absolute atomic E-state index is 12.4. The second-order valence-electron chi connectivity index (χ2n) is 6.84. The van der Waals surface area contributed by atoms with E-state index in [0.717, 1.165) is 17.8 Å². The van der Waals surface area contributed by atoms with Crippen LogP contribution in [0.5, 0.6) is 0 Å². The highest BCUT2D eigenvalue weighted by molar-refractivity contribution is 7.91. The Morgan fingerprint density at radius 3 is 2.65 bits per heavy atom. The Bertz CT molecular complexity index is 875. The first-order valence-electron chi connectivity index (χ1n) is 8.64. The lowest BCUT2D eigenvalue weighted by atomic mass is 10.1. The number of sulfone groups is 1. The molecule has 2 heterocycles. The highest BCUT2D eigenvalue weighted by atomic mass is 32.2. The van der Waals surface area contributed by atoms with E-state index in [2.05, 4.69) is 10.4 Å². The highest BCUT2D eigenvalue weighted by Crippen LogP contribution is 2.30. The van der Waals surface area contributed by atoms with Gasteiger partial charge in [0.2, 0.25) is 0 Å². The van der Waals surface area contributed by atoms with Crippen LogP contribution in [0.4, 0.5) is 0 Å². The summed E-state index contributed by atoms with van der Waals surface area (Å²) >= 11 is 0. The molecule has 0 aliphatic carbocycles. The molecule has 0 spiro atoms. The highest BCUT2D eigenvalue weighted by Gasteiger charge is 2.32. The Morgan fingerprint density at radius 1 is 1.31 bits per heavy atom. The van der Waals surface area contributed by atoms with Crippen molar-refractivity contribution >= 4 is 15.7 Å². The Morgan fingerprint density at radius 2 is 2.04 bits per heavy atom. The Labute approximate surface area is 153 Å². The molecular formula is C18H24N4O3S. The van der Waals surface area contributed by atoms with Crippen LogP contribution in [0.2, 0.25) is 0 Å². The van der Waals surface area contributed by atoms with E-state index in [1.54, 1.807) is 10.7 Å².